The van der Waals surface area contributed by atoms with Gasteiger partial charge in [-0.25, -0.2) is 0 Å². The van der Waals surface area contributed by atoms with Crippen molar-refractivity contribution in [2.75, 3.05) is 0 Å². The van der Waals surface area contributed by atoms with Gasteiger partial charge in [-0.2, -0.15) is 12.1 Å². The van der Waals surface area contributed by atoms with Gasteiger partial charge in [-0.1, -0.05) is 37.1 Å². The molecule has 0 amide bonds. The first-order chi connectivity index (χ1) is 15.0. The molecule has 1 saturated heterocycles. The minimum absolute atomic E-state index is 0. The third-order valence-electron chi connectivity index (χ3n) is 6.33. The summed E-state index contributed by atoms with van der Waals surface area (Å²) in [6.07, 6.45) is 6.94. The second-order valence-electron chi connectivity index (χ2n) is 8.75. The summed E-state index contributed by atoms with van der Waals surface area (Å²) in [6.45, 7) is 8.73. The standard InChI is InChI=1S/2C12H13.C5H10Si.2ClH.Hf/c2*1-3-10-7-11-6-4-5-9(2)12(11)8-10;1-2-4-6-5-3-1;;;/h2*4-8H,3H2,1-2H3;1-5H2;2*1H;/q2*-1;;;;+2/p-2. The van der Waals surface area contributed by atoms with E-state index in [2.05, 4.69) is 88.4 Å². The van der Waals surface area contributed by atoms with Crippen LogP contribution in [-0.2, 0) is 35.8 Å². The van der Waals surface area contributed by atoms with Crippen LogP contribution in [0, 0.1) is 13.8 Å². The Balaban J connectivity index is 0.000000249. The molecule has 1 fully saturated rings. The van der Waals surface area contributed by atoms with E-state index in [-0.39, 0.29) is 24.8 Å². The molecule has 0 saturated carbocycles. The van der Waals surface area contributed by atoms with Gasteiger partial charge in [-0.15, -0.1) is 69.1 Å². The van der Waals surface area contributed by atoms with Crippen LogP contribution in [0.2, 0.25) is 12.1 Å². The van der Waals surface area contributed by atoms with Crippen LogP contribution in [0.4, 0.5) is 0 Å². The third kappa shape index (κ3) is 8.80. The molecule has 4 aromatic rings. The summed E-state index contributed by atoms with van der Waals surface area (Å²) in [5, 5.41) is 5.59. The van der Waals surface area contributed by atoms with Gasteiger partial charge in [0.1, 0.15) is 0 Å². The van der Waals surface area contributed by atoms with Crippen LogP contribution in [-0.4, -0.2) is 5.49 Å². The molecule has 0 radical (unpaired) electrons. The van der Waals surface area contributed by atoms with Gasteiger partial charge < -0.3 is 24.8 Å². The van der Waals surface area contributed by atoms with E-state index in [0.717, 1.165) is 12.8 Å². The van der Waals surface area contributed by atoms with Crippen molar-refractivity contribution in [1.29, 1.82) is 0 Å². The molecule has 33 heavy (non-hydrogen) atoms. The van der Waals surface area contributed by atoms with E-state index in [0.29, 0.717) is 5.49 Å². The molecular formula is C29H36Cl2HfSi-2. The molecule has 1 aliphatic rings. The van der Waals surface area contributed by atoms with Crippen molar-refractivity contribution in [1.82, 2.24) is 0 Å². The molecule has 1 heterocycles. The second-order valence-corrected chi connectivity index (χ2v) is 18.6. The number of rotatable bonds is 2. The van der Waals surface area contributed by atoms with E-state index >= 15 is 0 Å². The molecule has 4 heteroatoms. The first-order valence-electron chi connectivity index (χ1n) is 11.9. The van der Waals surface area contributed by atoms with Crippen molar-refractivity contribution in [3.63, 3.8) is 0 Å². The van der Waals surface area contributed by atoms with E-state index < -0.39 is 0 Å². The summed E-state index contributed by atoms with van der Waals surface area (Å²) in [4.78, 5) is 0. The van der Waals surface area contributed by atoms with Crippen LogP contribution in [0.3, 0.4) is 0 Å². The monoisotopic (exact) mass is 662 g/mol. The van der Waals surface area contributed by atoms with Gasteiger partial charge in [0, 0.05) is 0 Å². The number of hydrogen-bond acceptors (Lipinski definition) is 0. The molecule has 0 aromatic heterocycles. The Morgan fingerprint density at radius 1 is 0.727 bits per heavy atom. The maximum absolute atomic E-state index is 2.30. The van der Waals surface area contributed by atoms with Crippen LogP contribution in [0.5, 0.6) is 0 Å². The fraction of sp³-hybridized carbons (Fsp3) is 0.379. The molecule has 0 N–H and O–H groups in total. The van der Waals surface area contributed by atoms with Gasteiger partial charge in [0.15, 0.2) is 0 Å². The van der Waals surface area contributed by atoms with Gasteiger partial charge in [0.25, 0.3) is 0 Å². The van der Waals surface area contributed by atoms with Gasteiger partial charge in [-0.3, -0.25) is 0 Å². The Bertz CT molecular complexity index is 1050. The molecule has 0 atom stereocenters. The maximum atomic E-state index is 2.30. The zero-order chi connectivity index (χ0) is 22.2. The first-order valence-corrected chi connectivity index (χ1v) is 19.2. The SMILES string of the molecule is CCc1cc2c(C)cccc2[cH-]1.CCc1cc2c(C)cccc2[cH-]1.[Cl-].[Cl-].[Hf+2]=[Si]1CCCCC1. The van der Waals surface area contributed by atoms with Crippen LogP contribution >= 0.6 is 0 Å². The Morgan fingerprint density at radius 3 is 1.45 bits per heavy atom. The van der Waals surface area contributed by atoms with Crippen molar-refractivity contribution >= 4 is 27.0 Å². The van der Waals surface area contributed by atoms with Crippen LogP contribution in [0.15, 0.2) is 60.7 Å². The Labute approximate surface area is 228 Å². The summed E-state index contributed by atoms with van der Waals surface area (Å²) in [6, 6.07) is 25.4. The Kier molecular flexibility index (Phi) is 14.1. The first kappa shape index (κ1) is 30.4. The van der Waals surface area contributed by atoms with Crippen molar-refractivity contribution in [3.8, 4) is 0 Å². The van der Waals surface area contributed by atoms with E-state index in [1.807, 2.05) is 0 Å². The van der Waals surface area contributed by atoms with Crippen LogP contribution < -0.4 is 24.8 Å². The summed E-state index contributed by atoms with van der Waals surface area (Å²) < 4.78 is 0. The number of benzene rings is 2. The van der Waals surface area contributed by atoms with Gasteiger partial charge in [-0.05, 0) is 26.7 Å². The predicted molar refractivity (Wildman–Crippen MR) is 137 cm³/mol. The van der Waals surface area contributed by atoms with Crippen molar-refractivity contribution in [3.05, 3.63) is 82.9 Å². The summed E-state index contributed by atoms with van der Waals surface area (Å²) >= 11 is 1.55. The molecule has 0 bridgehead atoms. The zero-order valence-corrected chi connectivity index (χ0v) is 26.6. The second kappa shape index (κ2) is 15.3. The topological polar surface area (TPSA) is 0 Å². The summed E-state index contributed by atoms with van der Waals surface area (Å²) in [7, 11) is 0. The van der Waals surface area contributed by atoms with Crippen molar-refractivity contribution < 1.29 is 47.8 Å². The molecule has 5 rings (SSSR count). The fourth-order valence-corrected chi connectivity index (χ4v) is 9.71. The molecule has 1 aliphatic heterocycles. The number of aryl methyl sites for hydroxylation is 4. The number of halogens is 2. The van der Waals surface area contributed by atoms with E-state index in [1.165, 1.54) is 50.2 Å². The normalized spacial score (nSPS) is 12.7. The van der Waals surface area contributed by atoms with E-state index in [9.17, 15) is 0 Å². The van der Waals surface area contributed by atoms with Crippen LogP contribution in [0.1, 0.15) is 55.4 Å². The van der Waals surface area contributed by atoms with Gasteiger partial charge in [0.05, 0.1) is 0 Å². The molecule has 176 valence electrons. The predicted octanol–water partition coefficient (Wildman–Crippen LogP) is 2.58. The van der Waals surface area contributed by atoms with Gasteiger partial charge in [0.2, 0.25) is 0 Å². The molecule has 0 nitrogen and oxygen atoms in total. The third-order valence-corrected chi connectivity index (χ3v) is 13.6. The molecular weight excluding hydrogens is 626 g/mol. The minimum atomic E-state index is 0. The number of fused-ring (bicyclic) bond motifs is 2. The Hall–Kier alpha value is -0.673. The van der Waals surface area contributed by atoms with Crippen molar-refractivity contribution in [2.45, 2.75) is 71.9 Å². The van der Waals surface area contributed by atoms with E-state index in [1.54, 1.807) is 47.9 Å². The molecule has 0 spiro atoms. The quantitative estimate of drug-likeness (QED) is 0.229. The summed E-state index contributed by atoms with van der Waals surface area (Å²) in [5.74, 6) is 0. The average molecular weight is 662 g/mol. The van der Waals surface area contributed by atoms with E-state index in [4.69, 9.17) is 0 Å². The molecule has 0 aliphatic carbocycles. The average Bonchev–Trinajstić information content (AvgIpc) is 3.41. The fourth-order valence-electron chi connectivity index (χ4n) is 4.29. The van der Waals surface area contributed by atoms with Gasteiger partial charge >= 0.3 is 59.8 Å². The number of hydrogen-bond donors (Lipinski definition) is 0. The zero-order valence-electron chi connectivity index (χ0n) is 20.5. The molecule has 4 aromatic carbocycles. The summed E-state index contributed by atoms with van der Waals surface area (Å²) in [5.41, 5.74) is 6.00. The van der Waals surface area contributed by atoms with Crippen LogP contribution in [0.25, 0.3) is 21.5 Å². The molecule has 0 unspecified atom stereocenters. The van der Waals surface area contributed by atoms with Crippen molar-refractivity contribution in [2.24, 2.45) is 0 Å². The Morgan fingerprint density at radius 2 is 1.15 bits per heavy atom.